The van der Waals surface area contributed by atoms with Gasteiger partial charge >= 0.3 is 0 Å². The normalized spacial score (nSPS) is 18.4. The zero-order chi connectivity index (χ0) is 11.5. The number of aryl methyl sites for hydroxylation is 2. The highest BCUT2D eigenvalue weighted by molar-refractivity contribution is 5.52. The van der Waals surface area contributed by atoms with E-state index in [0.717, 1.165) is 24.4 Å². The largest absolute Gasteiger partial charge is 0.473 e. The molecule has 1 aromatic heterocycles. The summed E-state index contributed by atoms with van der Waals surface area (Å²) in [4.78, 5) is 0. The Morgan fingerprint density at radius 1 is 1.25 bits per heavy atom. The third-order valence-electron chi connectivity index (χ3n) is 3.29. The summed E-state index contributed by atoms with van der Waals surface area (Å²) in [5.74, 6) is 0.740. The van der Waals surface area contributed by atoms with E-state index in [2.05, 4.69) is 5.10 Å². The molecule has 0 saturated heterocycles. The Morgan fingerprint density at radius 2 is 1.88 bits per heavy atom. The quantitative estimate of drug-likeness (QED) is 0.783. The topological polar surface area (TPSA) is 53.1 Å². The minimum absolute atomic E-state index is 0.319. The lowest BCUT2D eigenvalue weighted by atomic mass is 10.1. The number of anilines is 1. The van der Waals surface area contributed by atoms with Gasteiger partial charge in [-0.25, -0.2) is 4.68 Å². The van der Waals surface area contributed by atoms with Crippen LogP contribution in [0.25, 0.3) is 0 Å². The predicted molar refractivity (Wildman–Crippen MR) is 64.5 cm³/mol. The fourth-order valence-electron chi connectivity index (χ4n) is 2.31. The van der Waals surface area contributed by atoms with E-state index < -0.39 is 0 Å². The fraction of sp³-hybridized carbons (Fsp3) is 0.750. The van der Waals surface area contributed by atoms with Crippen molar-refractivity contribution < 1.29 is 4.74 Å². The van der Waals surface area contributed by atoms with Crippen LogP contribution in [0.3, 0.4) is 0 Å². The van der Waals surface area contributed by atoms with Crippen molar-refractivity contribution in [3.05, 3.63) is 5.69 Å². The average molecular weight is 223 g/mol. The molecule has 0 atom stereocenters. The molecule has 1 aromatic rings. The fourth-order valence-corrected chi connectivity index (χ4v) is 2.31. The summed E-state index contributed by atoms with van der Waals surface area (Å²) in [6.07, 6.45) is 7.80. The second-order valence-electron chi connectivity index (χ2n) is 4.66. The highest BCUT2D eigenvalue weighted by Crippen LogP contribution is 2.28. The minimum atomic E-state index is 0.319. The maximum absolute atomic E-state index is 5.99. The molecule has 1 aliphatic rings. The molecule has 0 unspecified atom stereocenters. The molecule has 4 heteroatoms. The van der Waals surface area contributed by atoms with Crippen LogP contribution in [0.5, 0.6) is 5.88 Å². The van der Waals surface area contributed by atoms with E-state index in [1.807, 2.05) is 14.0 Å². The lowest BCUT2D eigenvalue weighted by Gasteiger charge is -2.17. The number of hydrogen-bond donors (Lipinski definition) is 1. The molecule has 0 bridgehead atoms. The van der Waals surface area contributed by atoms with Crippen LogP contribution in [-0.4, -0.2) is 15.9 Å². The number of ether oxygens (including phenoxy) is 1. The van der Waals surface area contributed by atoms with Gasteiger partial charge in [-0.1, -0.05) is 12.8 Å². The van der Waals surface area contributed by atoms with Crippen molar-refractivity contribution in [2.45, 2.75) is 51.6 Å². The van der Waals surface area contributed by atoms with E-state index in [9.17, 15) is 0 Å². The van der Waals surface area contributed by atoms with Crippen molar-refractivity contribution in [2.75, 3.05) is 5.73 Å². The third-order valence-corrected chi connectivity index (χ3v) is 3.29. The molecule has 4 nitrogen and oxygen atoms in total. The number of hydrogen-bond acceptors (Lipinski definition) is 3. The van der Waals surface area contributed by atoms with E-state index >= 15 is 0 Å². The molecule has 0 aliphatic heterocycles. The molecule has 90 valence electrons. The Bertz CT molecular complexity index is 351. The van der Waals surface area contributed by atoms with Gasteiger partial charge in [0.2, 0.25) is 5.88 Å². The molecule has 0 amide bonds. The van der Waals surface area contributed by atoms with E-state index in [4.69, 9.17) is 10.5 Å². The van der Waals surface area contributed by atoms with Gasteiger partial charge in [0.1, 0.15) is 11.8 Å². The zero-order valence-corrected chi connectivity index (χ0v) is 10.2. The first kappa shape index (κ1) is 11.3. The molecule has 1 saturated carbocycles. The van der Waals surface area contributed by atoms with Gasteiger partial charge in [0.05, 0.1) is 5.69 Å². The molecule has 1 fully saturated rings. The van der Waals surface area contributed by atoms with Crippen LogP contribution < -0.4 is 10.5 Å². The van der Waals surface area contributed by atoms with Crippen LogP contribution in [0.15, 0.2) is 0 Å². The second-order valence-corrected chi connectivity index (χ2v) is 4.66. The summed E-state index contributed by atoms with van der Waals surface area (Å²) in [6, 6.07) is 0. The Kier molecular flexibility index (Phi) is 3.36. The zero-order valence-electron chi connectivity index (χ0n) is 10.2. The van der Waals surface area contributed by atoms with Crippen LogP contribution >= 0.6 is 0 Å². The number of nitrogen functional groups attached to an aromatic ring is 1. The van der Waals surface area contributed by atoms with Gasteiger partial charge in [0.25, 0.3) is 0 Å². The van der Waals surface area contributed by atoms with Crippen LogP contribution in [0.1, 0.15) is 44.2 Å². The van der Waals surface area contributed by atoms with Crippen molar-refractivity contribution in [1.29, 1.82) is 0 Å². The smallest absolute Gasteiger partial charge is 0.236 e. The third kappa shape index (κ3) is 2.31. The average Bonchev–Trinajstić information content (AvgIpc) is 2.51. The first-order valence-corrected chi connectivity index (χ1v) is 6.14. The Balaban J connectivity index is 2.07. The summed E-state index contributed by atoms with van der Waals surface area (Å²) < 4.78 is 7.74. The minimum Gasteiger partial charge on any atom is -0.473 e. The molecule has 2 N–H and O–H groups in total. The van der Waals surface area contributed by atoms with E-state index in [0.29, 0.717) is 11.8 Å². The lowest BCUT2D eigenvalue weighted by Crippen LogP contribution is -2.17. The number of aromatic nitrogens is 2. The summed E-state index contributed by atoms with van der Waals surface area (Å²) in [5, 5.41) is 4.27. The lowest BCUT2D eigenvalue weighted by molar-refractivity contribution is 0.169. The standard InChI is InChI=1S/C12H21N3O/c1-9-11(13)12(15(2)14-9)16-10-7-5-3-4-6-8-10/h10H,3-8,13H2,1-2H3. The second kappa shape index (κ2) is 4.76. The maximum Gasteiger partial charge on any atom is 0.236 e. The van der Waals surface area contributed by atoms with Gasteiger partial charge < -0.3 is 10.5 Å². The van der Waals surface area contributed by atoms with Gasteiger partial charge in [0.15, 0.2) is 0 Å². The summed E-state index contributed by atoms with van der Waals surface area (Å²) in [5.41, 5.74) is 7.49. The van der Waals surface area contributed by atoms with Gasteiger partial charge in [-0.15, -0.1) is 0 Å². The van der Waals surface area contributed by atoms with Crippen molar-refractivity contribution in [1.82, 2.24) is 9.78 Å². The summed E-state index contributed by atoms with van der Waals surface area (Å²) in [7, 11) is 1.88. The molecule has 1 aliphatic carbocycles. The van der Waals surface area contributed by atoms with Gasteiger partial charge in [-0.3, -0.25) is 0 Å². The molecule has 0 aromatic carbocycles. The summed E-state index contributed by atoms with van der Waals surface area (Å²) in [6.45, 7) is 1.91. The Labute approximate surface area is 96.8 Å². The highest BCUT2D eigenvalue weighted by Gasteiger charge is 2.18. The molecule has 1 heterocycles. The van der Waals surface area contributed by atoms with E-state index in [1.54, 1.807) is 4.68 Å². The first-order chi connectivity index (χ1) is 7.68. The van der Waals surface area contributed by atoms with Crippen LogP contribution in [0.2, 0.25) is 0 Å². The van der Waals surface area contributed by atoms with Crippen LogP contribution in [0.4, 0.5) is 5.69 Å². The highest BCUT2D eigenvalue weighted by atomic mass is 16.5. The van der Waals surface area contributed by atoms with Gasteiger partial charge in [-0.2, -0.15) is 5.10 Å². The van der Waals surface area contributed by atoms with Crippen molar-refractivity contribution in [2.24, 2.45) is 7.05 Å². The van der Waals surface area contributed by atoms with Crippen LogP contribution in [-0.2, 0) is 7.05 Å². The van der Waals surface area contributed by atoms with Crippen molar-refractivity contribution in [3.63, 3.8) is 0 Å². The number of rotatable bonds is 2. The molecular formula is C12H21N3O. The SMILES string of the molecule is Cc1nn(C)c(OC2CCCCCC2)c1N. The Morgan fingerprint density at radius 3 is 2.38 bits per heavy atom. The molecule has 0 spiro atoms. The molecule has 16 heavy (non-hydrogen) atoms. The van der Waals surface area contributed by atoms with Crippen molar-refractivity contribution >= 4 is 5.69 Å². The van der Waals surface area contributed by atoms with Gasteiger partial charge in [-0.05, 0) is 32.6 Å². The monoisotopic (exact) mass is 223 g/mol. The maximum atomic E-state index is 5.99. The number of nitrogens with zero attached hydrogens (tertiary/aromatic N) is 2. The number of nitrogens with two attached hydrogens (primary N) is 1. The molecule has 0 radical (unpaired) electrons. The van der Waals surface area contributed by atoms with Gasteiger partial charge in [0, 0.05) is 7.05 Å². The van der Waals surface area contributed by atoms with E-state index in [-0.39, 0.29) is 0 Å². The van der Waals surface area contributed by atoms with E-state index in [1.165, 1.54) is 25.7 Å². The summed E-state index contributed by atoms with van der Waals surface area (Å²) >= 11 is 0. The molecule has 2 rings (SSSR count). The Hall–Kier alpha value is -1.19. The van der Waals surface area contributed by atoms with Crippen LogP contribution in [0, 0.1) is 6.92 Å². The first-order valence-electron chi connectivity index (χ1n) is 6.14. The van der Waals surface area contributed by atoms with Crippen molar-refractivity contribution in [3.8, 4) is 5.88 Å². The molecular weight excluding hydrogens is 202 g/mol. The predicted octanol–water partition coefficient (Wildman–Crippen LogP) is 2.41.